The van der Waals surface area contributed by atoms with Crippen LogP contribution in [0.1, 0.15) is 28.1 Å². The van der Waals surface area contributed by atoms with Gasteiger partial charge in [-0.3, -0.25) is 4.68 Å². The lowest BCUT2D eigenvalue weighted by Crippen LogP contribution is -2.25. The van der Waals surface area contributed by atoms with Crippen molar-refractivity contribution in [3.63, 3.8) is 0 Å². The van der Waals surface area contributed by atoms with Gasteiger partial charge in [0.05, 0.1) is 18.0 Å². The Bertz CT molecular complexity index is 825. The number of fused-ring (bicyclic) bond motifs is 1. The van der Waals surface area contributed by atoms with Gasteiger partial charge in [0.15, 0.2) is 0 Å². The average Bonchev–Trinajstić information content (AvgIpc) is 3.14. The van der Waals surface area contributed by atoms with Crippen LogP contribution in [-0.4, -0.2) is 24.7 Å². The Morgan fingerprint density at radius 1 is 1.43 bits per heavy atom. The van der Waals surface area contributed by atoms with Crippen LogP contribution in [0.3, 0.4) is 0 Å². The number of aromatic amines is 1. The normalized spacial score (nSPS) is 19.5. The molecule has 1 saturated carbocycles. The van der Waals surface area contributed by atoms with Crippen LogP contribution < -0.4 is 0 Å². The minimum absolute atomic E-state index is 0. The number of rotatable bonds is 3. The zero-order chi connectivity index (χ0) is 16.2. The summed E-state index contributed by atoms with van der Waals surface area (Å²) in [6.45, 7) is 4.76. The minimum atomic E-state index is 0. The molecule has 1 aliphatic carbocycles. The van der Waals surface area contributed by atoms with E-state index >= 15 is 0 Å². The van der Waals surface area contributed by atoms with E-state index in [-0.39, 0.29) is 1.43 Å². The SMILES string of the molecule is CC#N.CC1CC(Cn2cc(-c3ncnc4[nH]ccc34)cn2)C1.[HH]. The lowest BCUT2D eigenvalue weighted by Gasteiger charge is -2.32. The maximum Gasteiger partial charge on any atom is 0.141 e. The smallest absolute Gasteiger partial charge is 0.141 e. The van der Waals surface area contributed by atoms with E-state index in [9.17, 15) is 0 Å². The summed E-state index contributed by atoms with van der Waals surface area (Å²) >= 11 is 0. The van der Waals surface area contributed by atoms with E-state index in [1.54, 1.807) is 12.4 Å². The van der Waals surface area contributed by atoms with Gasteiger partial charge in [-0.2, -0.15) is 10.4 Å². The van der Waals surface area contributed by atoms with Gasteiger partial charge in [0.25, 0.3) is 0 Å². The number of nitrogens with one attached hydrogen (secondary N) is 1. The lowest BCUT2D eigenvalue weighted by molar-refractivity contribution is 0.182. The largest absolute Gasteiger partial charge is 0.346 e. The van der Waals surface area contributed by atoms with Gasteiger partial charge in [-0.15, -0.1) is 0 Å². The number of nitrogens with zero attached hydrogens (tertiary/aromatic N) is 5. The van der Waals surface area contributed by atoms with Crippen LogP contribution >= 0.6 is 0 Å². The Labute approximate surface area is 136 Å². The molecule has 1 fully saturated rings. The molecule has 4 rings (SSSR count). The van der Waals surface area contributed by atoms with Crippen molar-refractivity contribution in [1.29, 1.82) is 5.26 Å². The molecule has 0 saturated heterocycles. The highest BCUT2D eigenvalue weighted by molar-refractivity contribution is 5.89. The molecular formula is C17H22N6. The standard InChI is InChI=1S/C15H17N5.C2H3N.H2/c1-10-4-11(5-10)7-20-8-12(6-19-20)14-13-2-3-16-15(13)18-9-17-14;1-2-3;/h2-3,6,8-11H,4-5,7H2,1H3,(H,16,17,18);1H3;1H. The van der Waals surface area contributed by atoms with E-state index in [0.717, 1.165) is 40.7 Å². The third kappa shape index (κ3) is 3.24. The number of aromatic nitrogens is 5. The monoisotopic (exact) mass is 310 g/mol. The van der Waals surface area contributed by atoms with Crippen molar-refractivity contribution in [1.82, 2.24) is 24.7 Å². The molecule has 0 amide bonds. The van der Waals surface area contributed by atoms with Crippen molar-refractivity contribution >= 4 is 11.0 Å². The van der Waals surface area contributed by atoms with Gasteiger partial charge >= 0.3 is 0 Å². The summed E-state index contributed by atoms with van der Waals surface area (Å²) in [5, 5.41) is 12.8. The van der Waals surface area contributed by atoms with Gasteiger partial charge in [-0.1, -0.05) is 6.92 Å². The maximum absolute atomic E-state index is 7.32. The van der Waals surface area contributed by atoms with Gasteiger partial charge in [0.2, 0.25) is 0 Å². The molecule has 120 valence electrons. The first-order valence-electron chi connectivity index (χ1n) is 7.83. The number of H-pyrrole nitrogens is 1. The van der Waals surface area contributed by atoms with Crippen LogP contribution in [0.5, 0.6) is 0 Å². The molecule has 0 aromatic carbocycles. The quantitative estimate of drug-likeness (QED) is 0.800. The van der Waals surface area contributed by atoms with Crippen LogP contribution in [0, 0.1) is 23.2 Å². The third-order valence-electron chi connectivity index (χ3n) is 4.18. The first-order chi connectivity index (χ1) is 11.2. The van der Waals surface area contributed by atoms with E-state index in [1.807, 2.05) is 23.1 Å². The van der Waals surface area contributed by atoms with E-state index < -0.39 is 0 Å². The summed E-state index contributed by atoms with van der Waals surface area (Å²) in [6, 6.07) is 3.76. The van der Waals surface area contributed by atoms with Crippen molar-refractivity contribution < 1.29 is 1.43 Å². The predicted molar refractivity (Wildman–Crippen MR) is 90.4 cm³/mol. The second-order valence-corrected chi connectivity index (χ2v) is 6.08. The molecule has 6 heteroatoms. The minimum Gasteiger partial charge on any atom is -0.346 e. The molecule has 3 aromatic heterocycles. The van der Waals surface area contributed by atoms with Gasteiger partial charge < -0.3 is 4.98 Å². The number of nitriles is 1. The predicted octanol–water partition coefficient (Wildman–Crippen LogP) is 3.64. The summed E-state index contributed by atoms with van der Waals surface area (Å²) in [6.07, 6.45) is 10.1. The van der Waals surface area contributed by atoms with Crippen molar-refractivity contribution in [3.8, 4) is 17.3 Å². The molecule has 1 aliphatic rings. The van der Waals surface area contributed by atoms with E-state index in [4.69, 9.17) is 5.26 Å². The summed E-state index contributed by atoms with van der Waals surface area (Å²) < 4.78 is 2.05. The Morgan fingerprint density at radius 2 is 2.22 bits per heavy atom. The van der Waals surface area contributed by atoms with Gasteiger partial charge in [0.1, 0.15) is 12.0 Å². The van der Waals surface area contributed by atoms with E-state index in [1.165, 1.54) is 19.8 Å². The molecule has 1 N–H and O–H groups in total. The summed E-state index contributed by atoms with van der Waals surface area (Å²) in [4.78, 5) is 11.7. The highest BCUT2D eigenvalue weighted by Crippen LogP contribution is 2.34. The Balaban J connectivity index is 0.000000487. The molecule has 0 unspecified atom stereocenters. The zero-order valence-corrected chi connectivity index (χ0v) is 13.4. The van der Waals surface area contributed by atoms with Crippen molar-refractivity contribution in [3.05, 3.63) is 31.0 Å². The molecule has 0 aliphatic heterocycles. The Hall–Kier alpha value is -2.68. The molecule has 23 heavy (non-hydrogen) atoms. The number of hydrogen-bond donors (Lipinski definition) is 1. The summed E-state index contributed by atoms with van der Waals surface area (Å²) in [7, 11) is 0. The van der Waals surface area contributed by atoms with Crippen molar-refractivity contribution in [2.75, 3.05) is 0 Å². The highest BCUT2D eigenvalue weighted by atomic mass is 15.3. The number of hydrogen-bond acceptors (Lipinski definition) is 4. The fraction of sp³-hybridized carbons (Fsp3) is 0.412. The van der Waals surface area contributed by atoms with Crippen molar-refractivity contribution in [2.45, 2.75) is 33.2 Å². The van der Waals surface area contributed by atoms with Gasteiger partial charge in [-0.25, -0.2) is 9.97 Å². The molecule has 0 radical (unpaired) electrons. The van der Waals surface area contributed by atoms with Crippen LogP contribution in [0.4, 0.5) is 0 Å². The van der Waals surface area contributed by atoms with Crippen LogP contribution in [0.2, 0.25) is 0 Å². The molecule has 0 bridgehead atoms. The average molecular weight is 310 g/mol. The van der Waals surface area contributed by atoms with Gasteiger partial charge in [0, 0.05) is 38.2 Å². The molecule has 3 heterocycles. The lowest BCUT2D eigenvalue weighted by atomic mass is 9.76. The van der Waals surface area contributed by atoms with E-state index in [0.29, 0.717) is 0 Å². The Kier molecular flexibility index (Phi) is 4.38. The first-order valence-corrected chi connectivity index (χ1v) is 7.83. The fourth-order valence-electron chi connectivity index (χ4n) is 3.17. The van der Waals surface area contributed by atoms with Crippen LogP contribution in [-0.2, 0) is 6.54 Å². The molecule has 6 nitrogen and oxygen atoms in total. The molecular weight excluding hydrogens is 288 g/mol. The Morgan fingerprint density at radius 3 is 2.96 bits per heavy atom. The molecule has 3 aromatic rings. The zero-order valence-electron chi connectivity index (χ0n) is 13.4. The van der Waals surface area contributed by atoms with Crippen LogP contribution in [0.15, 0.2) is 31.0 Å². The fourth-order valence-corrected chi connectivity index (χ4v) is 3.17. The van der Waals surface area contributed by atoms with E-state index in [2.05, 4.69) is 33.2 Å². The maximum atomic E-state index is 7.32. The topological polar surface area (TPSA) is 83.2 Å². The van der Waals surface area contributed by atoms with Crippen molar-refractivity contribution in [2.24, 2.45) is 11.8 Å². The van der Waals surface area contributed by atoms with Crippen LogP contribution in [0.25, 0.3) is 22.3 Å². The third-order valence-corrected chi connectivity index (χ3v) is 4.18. The first kappa shape index (κ1) is 15.2. The second kappa shape index (κ2) is 6.61. The summed E-state index contributed by atoms with van der Waals surface area (Å²) in [5.41, 5.74) is 2.88. The second-order valence-electron chi connectivity index (χ2n) is 6.08. The highest BCUT2D eigenvalue weighted by Gasteiger charge is 2.25. The molecule has 0 atom stereocenters. The van der Waals surface area contributed by atoms with Gasteiger partial charge in [-0.05, 0) is 30.7 Å². The summed E-state index contributed by atoms with van der Waals surface area (Å²) in [5.74, 6) is 1.67. The molecule has 0 spiro atoms.